The van der Waals surface area contributed by atoms with Crippen molar-refractivity contribution in [3.63, 3.8) is 0 Å². The Kier molecular flexibility index (Phi) is 2.64. The summed E-state index contributed by atoms with van der Waals surface area (Å²) < 4.78 is 5.42. The molecule has 0 aliphatic heterocycles. The molecule has 0 aliphatic carbocycles. The van der Waals surface area contributed by atoms with Crippen molar-refractivity contribution >= 4 is 34.2 Å². The Balaban J connectivity index is 2.33. The maximum Gasteiger partial charge on any atom is 0.239 e. The number of benzene rings is 1. The van der Waals surface area contributed by atoms with Gasteiger partial charge in [0.25, 0.3) is 0 Å². The number of rotatable bonds is 2. The molecule has 1 N–H and O–H groups in total. The number of hydrogen-bond donors (Lipinski definition) is 1. The van der Waals surface area contributed by atoms with Gasteiger partial charge in [0, 0.05) is 11.1 Å². The molecule has 1 amide bonds. The smallest absolute Gasteiger partial charge is 0.239 e. The van der Waals surface area contributed by atoms with Crippen LogP contribution in [-0.4, -0.2) is 11.8 Å². The fraction of sp³-hybridized carbons (Fsp3) is 0.182. The lowest BCUT2D eigenvalue weighted by atomic mass is 10.2. The van der Waals surface area contributed by atoms with Gasteiger partial charge in [-0.1, -0.05) is 0 Å². The topological polar surface area (TPSA) is 42.2 Å². The van der Waals surface area contributed by atoms with E-state index in [1.165, 1.54) is 0 Å². The first-order valence-corrected chi connectivity index (χ1v) is 5.08. The van der Waals surface area contributed by atoms with Crippen LogP contribution in [0.25, 0.3) is 11.0 Å². The Morgan fingerprint density at radius 3 is 3.00 bits per heavy atom. The normalized spacial score (nSPS) is 10.5. The number of furan rings is 1. The van der Waals surface area contributed by atoms with Crippen molar-refractivity contribution in [3.05, 3.63) is 30.0 Å². The number of anilines is 1. The van der Waals surface area contributed by atoms with Crippen molar-refractivity contribution in [1.82, 2.24) is 0 Å². The molecule has 0 radical (unpaired) electrons. The fourth-order valence-electron chi connectivity index (χ4n) is 1.45. The third-order valence-corrected chi connectivity index (χ3v) is 2.29. The summed E-state index contributed by atoms with van der Waals surface area (Å²) >= 11 is 5.39. The van der Waals surface area contributed by atoms with Gasteiger partial charge in [-0.25, -0.2) is 0 Å². The van der Waals surface area contributed by atoms with Crippen LogP contribution in [0.3, 0.4) is 0 Å². The number of carbonyl (C=O) groups excluding carboxylic acids is 1. The van der Waals surface area contributed by atoms with Gasteiger partial charge in [0.15, 0.2) is 0 Å². The predicted molar refractivity (Wildman–Crippen MR) is 60.3 cm³/mol. The highest BCUT2D eigenvalue weighted by atomic mass is 35.5. The highest BCUT2D eigenvalue weighted by Gasteiger charge is 2.03. The monoisotopic (exact) mass is 223 g/mol. The highest BCUT2D eigenvalue weighted by Crippen LogP contribution is 2.22. The number of carbonyl (C=O) groups is 1. The molecule has 2 aromatic rings. The standard InChI is InChI=1S/C11H10ClNO2/c1-7-4-8-5-9(13-11(14)6-12)2-3-10(8)15-7/h2-5H,6H2,1H3,(H,13,14). The molecule has 0 saturated heterocycles. The number of aryl methyl sites for hydroxylation is 1. The van der Waals surface area contributed by atoms with Gasteiger partial charge in [-0.05, 0) is 31.2 Å². The summed E-state index contributed by atoms with van der Waals surface area (Å²) in [6.07, 6.45) is 0. The first kappa shape index (κ1) is 10.1. The SMILES string of the molecule is Cc1cc2cc(NC(=O)CCl)ccc2o1. The zero-order valence-electron chi connectivity index (χ0n) is 8.21. The van der Waals surface area contributed by atoms with E-state index in [1.807, 2.05) is 25.1 Å². The zero-order valence-corrected chi connectivity index (χ0v) is 8.97. The van der Waals surface area contributed by atoms with Crippen molar-refractivity contribution in [2.75, 3.05) is 11.2 Å². The molecule has 15 heavy (non-hydrogen) atoms. The second kappa shape index (κ2) is 3.95. The molecule has 0 atom stereocenters. The minimum atomic E-state index is -0.212. The minimum Gasteiger partial charge on any atom is -0.461 e. The van der Waals surface area contributed by atoms with Crippen LogP contribution in [0.5, 0.6) is 0 Å². The lowest BCUT2D eigenvalue weighted by Gasteiger charge is -2.01. The Hall–Kier alpha value is -1.48. The summed E-state index contributed by atoms with van der Waals surface area (Å²) in [6, 6.07) is 7.39. The van der Waals surface area contributed by atoms with E-state index in [9.17, 15) is 4.79 Å². The lowest BCUT2D eigenvalue weighted by Crippen LogP contribution is -2.12. The molecule has 0 spiro atoms. The largest absolute Gasteiger partial charge is 0.461 e. The summed E-state index contributed by atoms with van der Waals surface area (Å²) in [5.41, 5.74) is 1.55. The van der Waals surface area contributed by atoms with Gasteiger partial charge in [0.05, 0.1) is 0 Å². The van der Waals surface area contributed by atoms with Crippen LogP contribution in [0.1, 0.15) is 5.76 Å². The van der Waals surface area contributed by atoms with E-state index < -0.39 is 0 Å². The van der Waals surface area contributed by atoms with Crippen LogP contribution >= 0.6 is 11.6 Å². The van der Waals surface area contributed by atoms with Gasteiger partial charge in [0.1, 0.15) is 17.2 Å². The maximum atomic E-state index is 11.1. The number of halogens is 1. The molecule has 78 valence electrons. The van der Waals surface area contributed by atoms with E-state index in [1.54, 1.807) is 6.07 Å². The number of amides is 1. The van der Waals surface area contributed by atoms with Gasteiger partial charge in [-0.3, -0.25) is 4.79 Å². The lowest BCUT2D eigenvalue weighted by molar-refractivity contribution is -0.113. The fourth-order valence-corrected chi connectivity index (χ4v) is 1.52. The van der Waals surface area contributed by atoms with E-state index in [4.69, 9.17) is 16.0 Å². The highest BCUT2D eigenvalue weighted by molar-refractivity contribution is 6.29. The molecule has 4 heteroatoms. The van der Waals surface area contributed by atoms with Crippen LogP contribution in [-0.2, 0) is 4.79 Å². The summed E-state index contributed by atoms with van der Waals surface area (Å²) in [5.74, 6) is 0.602. The van der Waals surface area contributed by atoms with Crippen LogP contribution in [0, 0.1) is 6.92 Å². The summed E-state index contributed by atoms with van der Waals surface area (Å²) in [4.78, 5) is 11.1. The third kappa shape index (κ3) is 2.13. The molecule has 0 fully saturated rings. The molecule has 1 heterocycles. The van der Waals surface area contributed by atoms with E-state index in [0.717, 1.165) is 22.4 Å². The summed E-state index contributed by atoms with van der Waals surface area (Å²) in [5, 5.41) is 3.65. The first-order valence-electron chi connectivity index (χ1n) is 4.55. The predicted octanol–water partition coefficient (Wildman–Crippen LogP) is 2.92. The number of alkyl halides is 1. The molecular weight excluding hydrogens is 214 g/mol. The van der Waals surface area contributed by atoms with E-state index in [0.29, 0.717) is 0 Å². The van der Waals surface area contributed by atoms with Crippen molar-refractivity contribution in [2.45, 2.75) is 6.92 Å². The Morgan fingerprint density at radius 2 is 2.27 bits per heavy atom. The minimum absolute atomic E-state index is 0.0392. The number of nitrogens with one attached hydrogen (secondary N) is 1. The van der Waals surface area contributed by atoms with E-state index in [-0.39, 0.29) is 11.8 Å². The first-order chi connectivity index (χ1) is 7.19. The van der Waals surface area contributed by atoms with Crippen LogP contribution in [0.15, 0.2) is 28.7 Å². The van der Waals surface area contributed by atoms with Crippen molar-refractivity contribution < 1.29 is 9.21 Å². The molecule has 2 rings (SSSR count). The quantitative estimate of drug-likeness (QED) is 0.796. The van der Waals surface area contributed by atoms with Gasteiger partial charge in [-0.15, -0.1) is 11.6 Å². The van der Waals surface area contributed by atoms with Gasteiger partial charge < -0.3 is 9.73 Å². The summed E-state index contributed by atoms with van der Waals surface area (Å²) in [6.45, 7) is 1.89. The van der Waals surface area contributed by atoms with Crippen molar-refractivity contribution in [2.24, 2.45) is 0 Å². The Bertz CT molecular complexity index is 504. The Morgan fingerprint density at radius 1 is 1.47 bits per heavy atom. The van der Waals surface area contributed by atoms with E-state index >= 15 is 0 Å². The molecular formula is C11H10ClNO2. The number of fused-ring (bicyclic) bond motifs is 1. The van der Waals surface area contributed by atoms with E-state index in [2.05, 4.69) is 5.32 Å². The van der Waals surface area contributed by atoms with Gasteiger partial charge in [-0.2, -0.15) is 0 Å². The second-order valence-electron chi connectivity index (χ2n) is 3.29. The van der Waals surface area contributed by atoms with Crippen molar-refractivity contribution in [1.29, 1.82) is 0 Å². The number of hydrogen-bond acceptors (Lipinski definition) is 2. The second-order valence-corrected chi connectivity index (χ2v) is 3.56. The molecule has 0 aliphatic rings. The average molecular weight is 224 g/mol. The van der Waals surface area contributed by atoms with Crippen LogP contribution < -0.4 is 5.32 Å². The summed E-state index contributed by atoms with van der Waals surface area (Å²) in [7, 11) is 0. The maximum absolute atomic E-state index is 11.1. The van der Waals surface area contributed by atoms with Crippen LogP contribution in [0.2, 0.25) is 0 Å². The zero-order chi connectivity index (χ0) is 10.8. The molecule has 0 saturated carbocycles. The molecule has 0 bridgehead atoms. The molecule has 1 aromatic carbocycles. The average Bonchev–Trinajstić information content (AvgIpc) is 2.57. The van der Waals surface area contributed by atoms with Gasteiger partial charge in [0.2, 0.25) is 5.91 Å². The van der Waals surface area contributed by atoms with Crippen molar-refractivity contribution in [3.8, 4) is 0 Å². The van der Waals surface area contributed by atoms with Crippen LogP contribution in [0.4, 0.5) is 5.69 Å². The Labute approximate surface area is 92.0 Å². The molecule has 0 unspecified atom stereocenters. The molecule has 1 aromatic heterocycles. The third-order valence-electron chi connectivity index (χ3n) is 2.04. The molecule has 3 nitrogen and oxygen atoms in total. The van der Waals surface area contributed by atoms with Gasteiger partial charge >= 0.3 is 0 Å².